The molecule has 0 aromatic heterocycles. The minimum Gasteiger partial charge on any atom is -0.458 e. The number of amides is 1. The highest BCUT2D eigenvalue weighted by molar-refractivity contribution is 5.94. The highest BCUT2D eigenvalue weighted by atomic mass is 16.5. The van der Waals surface area contributed by atoms with Crippen molar-refractivity contribution in [3.05, 3.63) is 22.8 Å². The molecule has 0 aromatic rings. The Morgan fingerprint density at radius 3 is 2.14 bits per heavy atom. The van der Waals surface area contributed by atoms with Gasteiger partial charge in [0.1, 0.15) is 6.10 Å². The Morgan fingerprint density at radius 1 is 0.898 bits per heavy atom. The summed E-state index contributed by atoms with van der Waals surface area (Å²) in [6.45, 7) is 20.9. The van der Waals surface area contributed by atoms with E-state index < -0.39 is 12.2 Å². The fourth-order valence-corrected chi connectivity index (χ4v) is 11.0. The topological polar surface area (TPSA) is 158 Å². The van der Waals surface area contributed by atoms with Gasteiger partial charge in [-0.1, -0.05) is 39.3 Å². The van der Waals surface area contributed by atoms with Crippen molar-refractivity contribution in [2.24, 2.45) is 45.7 Å². The van der Waals surface area contributed by atoms with Crippen molar-refractivity contribution in [3.63, 3.8) is 0 Å². The van der Waals surface area contributed by atoms with Crippen LogP contribution in [0.15, 0.2) is 22.8 Å². The molecule has 4 fully saturated rings. The highest BCUT2D eigenvalue weighted by Crippen LogP contribution is 2.74. The van der Waals surface area contributed by atoms with Gasteiger partial charge in [-0.2, -0.15) is 0 Å². The lowest BCUT2D eigenvalue weighted by Gasteiger charge is -2.69. The van der Waals surface area contributed by atoms with Gasteiger partial charge in [0.15, 0.2) is 0 Å². The Balaban J connectivity index is 1.58. The fraction of sp³-hybridized carbons (Fsp3) is 0.846. The molecule has 0 spiro atoms. The molecular weight excluding hydrogens is 618 g/mol. The summed E-state index contributed by atoms with van der Waals surface area (Å²) >= 11 is 0. The average molecular weight is 688 g/mol. The third kappa shape index (κ3) is 8.47. The summed E-state index contributed by atoms with van der Waals surface area (Å²) in [6, 6.07) is 0. The molecule has 0 radical (unpaired) electrons. The van der Waals surface area contributed by atoms with Crippen LogP contribution in [0.4, 0.5) is 0 Å². The van der Waals surface area contributed by atoms with Crippen molar-refractivity contribution >= 4 is 11.9 Å². The Hall–Kier alpha value is -1.82. The Kier molecular flexibility index (Phi) is 14.0. The molecular formula is C39H69N5O5. The molecule has 10 atom stereocenters. The molecule has 3 unspecified atom stereocenters. The largest absolute Gasteiger partial charge is 0.458 e. The maximum absolute atomic E-state index is 14.2. The predicted molar refractivity (Wildman–Crippen MR) is 196 cm³/mol. The lowest BCUT2D eigenvalue weighted by atomic mass is 9.36. The van der Waals surface area contributed by atoms with E-state index in [2.05, 4.69) is 68.9 Å². The average Bonchev–Trinajstić information content (AvgIpc) is 3.30. The van der Waals surface area contributed by atoms with E-state index in [0.29, 0.717) is 50.4 Å². The lowest BCUT2D eigenvalue weighted by Crippen LogP contribution is -2.65. The Bertz CT molecular complexity index is 1200. The van der Waals surface area contributed by atoms with E-state index in [4.69, 9.17) is 10.5 Å². The third-order valence-electron chi connectivity index (χ3n) is 13.4. The van der Waals surface area contributed by atoms with Crippen molar-refractivity contribution in [1.29, 1.82) is 0 Å². The van der Waals surface area contributed by atoms with Gasteiger partial charge in [-0.25, -0.2) is 0 Å². The van der Waals surface area contributed by atoms with Gasteiger partial charge < -0.3 is 42.0 Å². The molecule has 0 aromatic carbocycles. The molecule has 0 aliphatic heterocycles. The number of carbonyl (C=O) groups excluding carboxylic acids is 2. The summed E-state index contributed by atoms with van der Waals surface area (Å²) in [5.74, 6) is 0.118. The zero-order valence-electron chi connectivity index (χ0n) is 31.6. The first-order valence-corrected chi connectivity index (χ1v) is 19.2. The van der Waals surface area contributed by atoms with E-state index >= 15 is 0 Å². The smallest absolute Gasteiger partial charge is 0.303 e. The lowest BCUT2D eigenvalue weighted by molar-refractivity contribution is -0.234. The maximum atomic E-state index is 14.2. The Labute approximate surface area is 296 Å². The monoisotopic (exact) mass is 688 g/mol. The molecule has 4 aliphatic rings. The van der Waals surface area contributed by atoms with Crippen LogP contribution >= 0.6 is 0 Å². The molecule has 10 nitrogen and oxygen atoms in total. The second-order valence-electron chi connectivity index (χ2n) is 16.6. The quantitative estimate of drug-likeness (QED) is 0.0559. The number of esters is 1. The first-order chi connectivity index (χ1) is 23.2. The number of aliphatic hydroxyl groups excluding tert-OH is 2. The van der Waals surface area contributed by atoms with Crippen LogP contribution in [0.5, 0.6) is 0 Å². The summed E-state index contributed by atoms with van der Waals surface area (Å²) in [5.41, 5.74) is 7.78. The molecule has 49 heavy (non-hydrogen) atoms. The van der Waals surface area contributed by atoms with Gasteiger partial charge in [0, 0.05) is 64.9 Å². The molecule has 8 N–H and O–H groups in total. The van der Waals surface area contributed by atoms with Gasteiger partial charge in [-0.15, -0.1) is 0 Å². The second-order valence-corrected chi connectivity index (χ2v) is 16.6. The molecule has 1 amide bonds. The number of aliphatic hydroxyl groups is 2. The van der Waals surface area contributed by atoms with Gasteiger partial charge >= 0.3 is 5.97 Å². The Morgan fingerprint density at radius 2 is 1.53 bits per heavy atom. The summed E-state index contributed by atoms with van der Waals surface area (Å²) in [5, 5.41) is 36.3. The molecule has 4 rings (SSSR count). The number of nitrogens with two attached hydrogens (primary N) is 1. The van der Waals surface area contributed by atoms with Crippen LogP contribution < -0.4 is 27.0 Å². The van der Waals surface area contributed by atoms with Crippen LogP contribution in [-0.2, 0) is 14.3 Å². The van der Waals surface area contributed by atoms with Crippen molar-refractivity contribution in [3.8, 4) is 0 Å². The summed E-state index contributed by atoms with van der Waals surface area (Å²) in [6.07, 6.45) is 6.95. The fourth-order valence-electron chi connectivity index (χ4n) is 11.0. The van der Waals surface area contributed by atoms with E-state index in [9.17, 15) is 19.8 Å². The summed E-state index contributed by atoms with van der Waals surface area (Å²) in [4.78, 5) is 26.8. The van der Waals surface area contributed by atoms with E-state index in [0.717, 1.165) is 70.4 Å². The number of allylic oxidation sites excluding steroid dienone is 2. The van der Waals surface area contributed by atoms with Crippen LogP contribution in [-0.4, -0.2) is 92.8 Å². The standard InChI is InChI=1S/C39H69N5O5/c1-25(2)9-8-10-28(36(48)44-22-21-43-20-19-42-18-17-41-16-15-40)34-30-23-32(47)35-37(5)13-12-31(46)26(3)29(37)11-14-38(35,6)39(30,7)24-33(34)49-27(4)45/h9,26,29-33,35,41-43,46-47H,8,10-24,40H2,1-7H3,(H,44,48)/b34-28-/t26-,29?,30?,31+,32+,33-,35?,37-,38-,39-/m0/s1. The van der Waals surface area contributed by atoms with E-state index in [1.165, 1.54) is 12.5 Å². The van der Waals surface area contributed by atoms with Crippen molar-refractivity contribution in [2.45, 2.75) is 118 Å². The molecule has 0 bridgehead atoms. The zero-order chi connectivity index (χ0) is 36.0. The number of fused-ring (bicyclic) bond motifs is 5. The minimum absolute atomic E-state index is 0.0676. The van der Waals surface area contributed by atoms with Crippen molar-refractivity contribution in [1.82, 2.24) is 21.3 Å². The van der Waals surface area contributed by atoms with Gasteiger partial charge in [-0.3, -0.25) is 9.59 Å². The molecule has 0 heterocycles. The van der Waals surface area contributed by atoms with E-state index in [1.54, 1.807) is 0 Å². The van der Waals surface area contributed by atoms with Crippen molar-refractivity contribution in [2.75, 3.05) is 52.4 Å². The third-order valence-corrected chi connectivity index (χ3v) is 13.4. The van der Waals surface area contributed by atoms with Crippen LogP contribution in [0, 0.1) is 39.9 Å². The molecule has 4 saturated carbocycles. The first-order valence-electron chi connectivity index (χ1n) is 19.2. The number of rotatable bonds is 16. The van der Waals surface area contributed by atoms with Gasteiger partial charge in [-0.05, 0) is 111 Å². The second kappa shape index (κ2) is 17.1. The number of hydrogen-bond acceptors (Lipinski definition) is 9. The number of carbonyl (C=O) groups is 2. The number of ether oxygens (including phenoxy) is 1. The SMILES string of the molecule is CC(=O)O[C@H]1C[C@@]2(C)C(C[C@@H](O)C3[C@@]4(C)CC[C@@H](O)[C@@H](C)C4CC[C@@]32C)/C1=C(\CCC=C(C)C)C(=O)NCCNCCNCCNCCN. The maximum Gasteiger partial charge on any atom is 0.303 e. The molecule has 0 saturated heterocycles. The first kappa shape index (κ1) is 40.0. The highest BCUT2D eigenvalue weighted by Gasteiger charge is 2.70. The minimum atomic E-state index is -0.541. The van der Waals surface area contributed by atoms with E-state index in [-0.39, 0.29) is 52.0 Å². The summed E-state index contributed by atoms with van der Waals surface area (Å²) < 4.78 is 6.14. The molecule has 4 aliphatic carbocycles. The zero-order valence-corrected chi connectivity index (χ0v) is 31.6. The van der Waals surface area contributed by atoms with Gasteiger partial charge in [0.05, 0.1) is 12.2 Å². The van der Waals surface area contributed by atoms with Crippen LogP contribution in [0.25, 0.3) is 0 Å². The number of hydrogen-bond donors (Lipinski definition) is 7. The van der Waals surface area contributed by atoms with Crippen LogP contribution in [0.2, 0.25) is 0 Å². The number of nitrogens with one attached hydrogen (secondary N) is 4. The molecule has 10 heteroatoms. The van der Waals surface area contributed by atoms with Crippen LogP contribution in [0.3, 0.4) is 0 Å². The van der Waals surface area contributed by atoms with E-state index in [1.807, 2.05) is 0 Å². The predicted octanol–water partition coefficient (Wildman–Crippen LogP) is 3.43. The van der Waals surface area contributed by atoms with Gasteiger partial charge in [0.2, 0.25) is 5.91 Å². The van der Waals surface area contributed by atoms with Crippen LogP contribution in [0.1, 0.15) is 99.8 Å². The van der Waals surface area contributed by atoms with Crippen molar-refractivity contribution < 1.29 is 24.5 Å². The van der Waals surface area contributed by atoms with Gasteiger partial charge in [0.25, 0.3) is 0 Å². The normalized spacial score (nSPS) is 37.8. The molecule has 280 valence electrons. The summed E-state index contributed by atoms with van der Waals surface area (Å²) in [7, 11) is 0.